The van der Waals surface area contributed by atoms with Crippen molar-refractivity contribution in [1.82, 2.24) is 10.2 Å². The number of ether oxygens (including phenoxy) is 6. The van der Waals surface area contributed by atoms with Gasteiger partial charge in [-0.05, 0) is 42.9 Å². The molecule has 1 N–H and O–H groups in total. The Morgan fingerprint density at radius 3 is 2.18 bits per heavy atom. The SMILES string of the molecule is [CH2]C/C=C/c1ccc(Cc2c(O[C@@H]3O[C@H](COC(C)=O)[C@@H](OC(C)=O)[C@H](OC(C)=O)[C@H]3OC(C)=O)n[nH]c2C(C)C)c(C)c1. The molecule has 2 heterocycles. The molecule has 3 rings (SSSR count). The van der Waals surface area contributed by atoms with Crippen molar-refractivity contribution in [3.05, 3.63) is 59.1 Å². The molecule has 0 bridgehead atoms. The van der Waals surface area contributed by atoms with E-state index in [9.17, 15) is 19.2 Å². The van der Waals surface area contributed by atoms with Gasteiger partial charge < -0.3 is 28.4 Å². The van der Waals surface area contributed by atoms with E-state index in [1.165, 1.54) is 13.8 Å². The smallest absolute Gasteiger partial charge is 0.303 e. The normalized spacial score (nSPS) is 21.6. The van der Waals surface area contributed by atoms with Gasteiger partial charge in [0.05, 0.1) is 0 Å². The summed E-state index contributed by atoms with van der Waals surface area (Å²) in [4.78, 5) is 48.1. The van der Waals surface area contributed by atoms with Crippen LogP contribution in [-0.4, -0.2) is 71.4 Å². The minimum absolute atomic E-state index is 0.0461. The Kier molecular flexibility index (Phi) is 12.1. The molecule has 0 spiro atoms. The van der Waals surface area contributed by atoms with E-state index in [1.54, 1.807) is 0 Å². The summed E-state index contributed by atoms with van der Waals surface area (Å²) in [6, 6.07) is 6.13. The summed E-state index contributed by atoms with van der Waals surface area (Å²) < 4.78 is 34.1. The minimum Gasteiger partial charge on any atom is -0.463 e. The number of hydrogen-bond donors (Lipinski definition) is 1. The van der Waals surface area contributed by atoms with E-state index in [1.807, 2.05) is 45.1 Å². The van der Waals surface area contributed by atoms with Gasteiger partial charge in [-0.15, -0.1) is 5.10 Å². The van der Waals surface area contributed by atoms with E-state index in [0.717, 1.165) is 41.8 Å². The Morgan fingerprint density at radius 2 is 1.61 bits per heavy atom. The third-order valence-electron chi connectivity index (χ3n) is 6.83. The number of carbonyl (C=O) groups excluding carboxylic acids is 4. The van der Waals surface area contributed by atoms with Crippen molar-refractivity contribution in [2.75, 3.05) is 6.61 Å². The quantitative estimate of drug-likeness (QED) is 0.272. The fraction of sp³-hybridized carbons (Fsp3) is 0.500. The summed E-state index contributed by atoms with van der Waals surface area (Å²) >= 11 is 0. The molecule has 0 saturated carbocycles. The summed E-state index contributed by atoms with van der Waals surface area (Å²) in [5, 5.41) is 7.46. The first kappa shape index (κ1) is 34.3. The number of aromatic amines is 1. The van der Waals surface area contributed by atoms with Gasteiger partial charge in [0, 0.05) is 45.4 Å². The van der Waals surface area contributed by atoms with Gasteiger partial charge in [0.1, 0.15) is 12.7 Å². The largest absolute Gasteiger partial charge is 0.463 e. The third-order valence-corrected chi connectivity index (χ3v) is 6.83. The Morgan fingerprint density at radius 1 is 0.977 bits per heavy atom. The predicted octanol–water partition coefficient (Wildman–Crippen LogP) is 4.13. The predicted molar refractivity (Wildman–Crippen MR) is 158 cm³/mol. The highest BCUT2D eigenvalue weighted by atomic mass is 16.7. The molecule has 1 saturated heterocycles. The topological polar surface area (TPSA) is 152 Å². The number of nitrogens with one attached hydrogen (secondary N) is 1. The zero-order valence-electron chi connectivity index (χ0n) is 26.2. The van der Waals surface area contributed by atoms with Crippen molar-refractivity contribution in [2.24, 2.45) is 0 Å². The van der Waals surface area contributed by atoms with Gasteiger partial charge in [0.15, 0.2) is 12.2 Å². The van der Waals surface area contributed by atoms with Crippen LogP contribution in [0.3, 0.4) is 0 Å². The van der Waals surface area contributed by atoms with Crippen molar-refractivity contribution in [2.45, 2.75) is 97.9 Å². The van der Waals surface area contributed by atoms with E-state index < -0.39 is 54.6 Å². The lowest BCUT2D eigenvalue weighted by atomic mass is 9.95. The molecule has 0 amide bonds. The fourth-order valence-electron chi connectivity index (χ4n) is 4.93. The van der Waals surface area contributed by atoms with Crippen molar-refractivity contribution in [1.29, 1.82) is 0 Å². The molecule has 5 atom stereocenters. The average Bonchev–Trinajstić information content (AvgIpc) is 3.32. The number of carbonyl (C=O) groups is 4. The van der Waals surface area contributed by atoms with Gasteiger partial charge in [-0.25, -0.2) is 0 Å². The van der Waals surface area contributed by atoms with Crippen LogP contribution in [0.5, 0.6) is 5.88 Å². The second-order valence-corrected chi connectivity index (χ2v) is 10.8. The Labute approximate surface area is 257 Å². The highest BCUT2D eigenvalue weighted by Crippen LogP contribution is 2.34. The van der Waals surface area contributed by atoms with Gasteiger partial charge in [-0.3, -0.25) is 24.3 Å². The lowest BCUT2D eigenvalue weighted by molar-refractivity contribution is -0.289. The molecule has 1 fully saturated rings. The summed E-state index contributed by atoms with van der Waals surface area (Å²) in [5.41, 5.74) is 4.72. The Bertz CT molecular complexity index is 1360. The van der Waals surface area contributed by atoms with Gasteiger partial charge >= 0.3 is 23.9 Å². The molecule has 0 aliphatic carbocycles. The zero-order chi connectivity index (χ0) is 32.6. The van der Waals surface area contributed by atoms with Crippen molar-refractivity contribution in [3.8, 4) is 5.88 Å². The summed E-state index contributed by atoms with van der Waals surface area (Å²) in [6.45, 7) is 14.2. The molecule has 2 aromatic rings. The van der Waals surface area contributed by atoms with Crippen LogP contribution in [0, 0.1) is 13.8 Å². The highest BCUT2D eigenvalue weighted by Gasteiger charge is 2.53. The first-order chi connectivity index (χ1) is 20.8. The molecule has 1 aromatic heterocycles. The molecule has 44 heavy (non-hydrogen) atoms. The van der Waals surface area contributed by atoms with Crippen LogP contribution in [0.2, 0.25) is 0 Å². The van der Waals surface area contributed by atoms with E-state index in [0.29, 0.717) is 12.8 Å². The van der Waals surface area contributed by atoms with Gasteiger partial charge in [-0.2, -0.15) is 0 Å². The molecule has 1 aromatic carbocycles. The molecule has 1 aliphatic rings. The molecule has 12 nitrogen and oxygen atoms in total. The van der Waals surface area contributed by atoms with Gasteiger partial charge in [-0.1, -0.05) is 44.2 Å². The third kappa shape index (κ3) is 9.15. The molecular formula is C32H41N2O10. The van der Waals surface area contributed by atoms with E-state index in [-0.39, 0.29) is 18.4 Å². The lowest BCUT2D eigenvalue weighted by Gasteiger charge is -2.43. The van der Waals surface area contributed by atoms with Crippen LogP contribution in [0.1, 0.15) is 81.8 Å². The number of rotatable bonds is 12. The van der Waals surface area contributed by atoms with Gasteiger partial charge in [0.25, 0.3) is 0 Å². The van der Waals surface area contributed by atoms with E-state index in [2.05, 4.69) is 23.2 Å². The molecule has 1 radical (unpaired) electrons. The van der Waals surface area contributed by atoms with Gasteiger partial charge in [0.2, 0.25) is 18.3 Å². The van der Waals surface area contributed by atoms with Crippen molar-refractivity contribution < 1.29 is 47.6 Å². The van der Waals surface area contributed by atoms with Crippen molar-refractivity contribution in [3.63, 3.8) is 0 Å². The second kappa shape index (κ2) is 15.5. The number of benzene rings is 1. The number of nitrogens with zero attached hydrogens (tertiary/aromatic N) is 1. The first-order valence-corrected chi connectivity index (χ1v) is 14.4. The number of aryl methyl sites for hydroxylation is 1. The fourth-order valence-corrected chi connectivity index (χ4v) is 4.93. The van der Waals surface area contributed by atoms with Crippen LogP contribution in [0.4, 0.5) is 0 Å². The standard InChI is InChI=1S/C32H41N2O10/c1-9-10-11-23-12-13-24(18(4)14-23)15-25-27(17(2)3)33-34-31(25)44-32-30(42-22(8)38)29(41-21(7)37)28(40-20(6)36)26(43-32)16-39-19(5)35/h10-14,17,26,28-30,32H,1,9,15-16H2,2-8H3,(H,33,34)/b11-10+/t26-,28-,29+,30-,32+/m1/s1. The second-order valence-electron chi connectivity index (χ2n) is 10.8. The maximum atomic E-state index is 12.2. The van der Waals surface area contributed by atoms with Crippen LogP contribution < -0.4 is 4.74 Å². The van der Waals surface area contributed by atoms with Crippen LogP contribution in [0.25, 0.3) is 6.08 Å². The maximum Gasteiger partial charge on any atom is 0.303 e. The Balaban J connectivity index is 2.05. The monoisotopic (exact) mass is 613 g/mol. The number of allylic oxidation sites excluding steroid dienone is 1. The lowest BCUT2D eigenvalue weighted by Crippen LogP contribution is -2.63. The molecular weight excluding hydrogens is 572 g/mol. The van der Waals surface area contributed by atoms with Crippen LogP contribution in [0.15, 0.2) is 24.3 Å². The average molecular weight is 614 g/mol. The van der Waals surface area contributed by atoms with Crippen LogP contribution in [-0.2, 0) is 49.3 Å². The van der Waals surface area contributed by atoms with Crippen LogP contribution >= 0.6 is 0 Å². The van der Waals surface area contributed by atoms with Crippen molar-refractivity contribution >= 4 is 30.0 Å². The first-order valence-electron chi connectivity index (χ1n) is 14.4. The maximum absolute atomic E-state index is 12.2. The van der Waals surface area contributed by atoms with E-state index >= 15 is 0 Å². The molecule has 12 heteroatoms. The Hall–Kier alpha value is -4.19. The molecule has 1 aliphatic heterocycles. The summed E-state index contributed by atoms with van der Waals surface area (Å²) in [7, 11) is 0. The molecule has 0 unspecified atom stereocenters. The number of hydrogen-bond acceptors (Lipinski definition) is 11. The zero-order valence-corrected chi connectivity index (χ0v) is 26.2. The number of aromatic nitrogens is 2. The summed E-state index contributed by atoms with van der Waals surface area (Å²) in [6.07, 6.45) is -1.41. The number of H-pyrrole nitrogens is 1. The molecule has 239 valence electrons. The summed E-state index contributed by atoms with van der Waals surface area (Å²) in [5.74, 6) is -2.57. The minimum atomic E-state index is -1.39. The van der Waals surface area contributed by atoms with E-state index in [4.69, 9.17) is 28.4 Å². The number of esters is 4. The highest BCUT2D eigenvalue weighted by molar-refractivity contribution is 5.68.